The monoisotopic (exact) mass is 2010 g/mol. The number of hydrogen-bond donors (Lipinski definition) is 27. The van der Waals surface area contributed by atoms with Crippen LogP contribution in [0.15, 0.2) is 54.7 Å². The number of nitrogens with one attached hydrogen (secondary N) is 20. The fraction of sp³-hybridized carbons (Fsp3) is 0.638. The van der Waals surface area contributed by atoms with E-state index in [1.54, 1.807) is 141 Å². The molecule has 0 unspecified atom stereocenters. The molecule has 47 heteroatoms. The van der Waals surface area contributed by atoms with Gasteiger partial charge in [0.1, 0.15) is 108 Å². The van der Waals surface area contributed by atoms with E-state index in [0.717, 1.165) is 13.8 Å². The van der Waals surface area contributed by atoms with Crippen LogP contribution in [0, 0.1) is 47.3 Å². The van der Waals surface area contributed by atoms with E-state index < -0.39 is 277 Å². The Morgan fingerprint density at radius 2 is 0.645 bits per heavy atom. The van der Waals surface area contributed by atoms with Crippen LogP contribution in [-0.2, 0) is 109 Å². The quantitative estimate of drug-likeness (QED) is 0.0240. The molecule has 3 aromatic rings. The molecule has 19 amide bonds. The van der Waals surface area contributed by atoms with Crippen molar-refractivity contribution in [2.75, 3.05) is 25.4 Å². The van der Waals surface area contributed by atoms with Crippen LogP contribution in [0.4, 0.5) is 0 Å². The summed E-state index contributed by atoms with van der Waals surface area (Å²) in [6.07, 6.45) is -2.21. The molecule has 1 heterocycles. The molecule has 27 N–H and O–H groups in total. The van der Waals surface area contributed by atoms with Gasteiger partial charge in [-0.15, -0.1) is 0 Å². The first-order chi connectivity index (χ1) is 65.7. The van der Waals surface area contributed by atoms with Crippen molar-refractivity contribution in [3.63, 3.8) is 0 Å². The summed E-state index contributed by atoms with van der Waals surface area (Å²) < 4.78 is 0. The van der Waals surface area contributed by atoms with E-state index in [0.29, 0.717) is 22.0 Å². The van der Waals surface area contributed by atoms with Crippen molar-refractivity contribution in [2.45, 2.75) is 312 Å². The van der Waals surface area contributed by atoms with Gasteiger partial charge in [0.05, 0.1) is 37.9 Å². The lowest BCUT2D eigenvalue weighted by Crippen LogP contribution is -2.63. The third-order valence-corrected chi connectivity index (χ3v) is 22.9. The molecule has 20 atom stereocenters. The first kappa shape index (κ1) is 123. The van der Waals surface area contributed by atoms with E-state index in [4.69, 9.17) is 5.73 Å². The van der Waals surface area contributed by atoms with Gasteiger partial charge in [0.25, 0.3) is 0 Å². The molecule has 0 saturated carbocycles. The van der Waals surface area contributed by atoms with Crippen LogP contribution in [0.25, 0.3) is 10.9 Å². The molecule has 0 spiro atoms. The largest absolute Gasteiger partial charge is 0.508 e. The third-order valence-electron chi connectivity index (χ3n) is 22.5. The molecule has 141 heavy (non-hydrogen) atoms. The summed E-state index contributed by atoms with van der Waals surface area (Å²) in [6, 6.07) is -13.1. The molecule has 0 saturated heterocycles. The number of carboxylic acid groups (broad SMARTS) is 1. The summed E-state index contributed by atoms with van der Waals surface area (Å²) in [4.78, 5) is 278. The van der Waals surface area contributed by atoms with Crippen molar-refractivity contribution < 1.29 is 121 Å². The highest BCUT2D eigenvalue weighted by Crippen LogP contribution is 2.22. The topological polar surface area (TPSA) is 713 Å². The predicted octanol–water partition coefficient (Wildman–Crippen LogP) is -3.88. The summed E-state index contributed by atoms with van der Waals surface area (Å²) in [7, 11) is 0. The van der Waals surface area contributed by atoms with Gasteiger partial charge in [-0.3, -0.25) is 91.1 Å². The van der Waals surface area contributed by atoms with Gasteiger partial charge in [-0.1, -0.05) is 141 Å². The summed E-state index contributed by atoms with van der Waals surface area (Å²) in [5.41, 5.74) is 7.57. The van der Waals surface area contributed by atoms with Crippen molar-refractivity contribution >= 4 is 142 Å². The Hall–Kier alpha value is -12.6. The van der Waals surface area contributed by atoms with Gasteiger partial charge in [0.15, 0.2) is 0 Å². The number of fused-ring (bicyclic) bond motifs is 1. The van der Waals surface area contributed by atoms with Gasteiger partial charge in [0.2, 0.25) is 112 Å². The number of benzene rings is 2. The molecule has 0 aliphatic rings. The number of carboxylic acids is 1. The van der Waals surface area contributed by atoms with E-state index in [-0.39, 0.29) is 79.6 Å². The van der Waals surface area contributed by atoms with Crippen molar-refractivity contribution in [1.29, 1.82) is 0 Å². The number of phenolic OH excluding ortho intramolecular Hbond substituents is 1. The third kappa shape index (κ3) is 41.6. The van der Waals surface area contributed by atoms with Gasteiger partial charge in [-0.05, 0) is 144 Å². The number of aliphatic hydroxyl groups excluding tert-OH is 3. The highest BCUT2D eigenvalue weighted by molar-refractivity contribution is 7.80. The molecule has 2 aromatic carbocycles. The smallest absolute Gasteiger partial charge is 0.326 e. The molecule has 0 fully saturated rings. The number of rotatable bonds is 59. The summed E-state index contributed by atoms with van der Waals surface area (Å²) in [5.74, 6) is -22.2. The molecule has 0 aliphatic heterocycles. The average molecular weight is 2010 g/mol. The highest BCUT2D eigenvalue weighted by Gasteiger charge is 2.41. The lowest BCUT2D eigenvalue weighted by atomic mass is 9.98. The molecule has 0 bridgehead atoms. The minimum absolute atomic E-state index is 0.0129. The fourth-order valence-corrected chi connectivity index (χ4v) is 14.5. The minimum atomic E-state index is -1.92. The summed E-state index contributed by atoms with van der Waals surface area (Å²) >= 11 is 4.19. The number of aromatic nitrogens is 1. The van der Waals surface area contributed by atoms with Crippen LogP contribution in [0.5, 0.6) is 5.75 Å². The van der Waals surface area contributed by atoms with E-state index in [9.17, 15) is 121 Å². The Bertz CT molecular complexity index is 4780. The lowest BCUT2D eigenvalue weighted by Gasteiger charge is -2.29. The molecule has 46 nitrogen and oxygen atoms in total. The number of hydrogen-bond acceptors (Lipinski definition) is 26. The second-order valence-electron chi connectivity index (χ2n) is 38.5. The molecule has 0 aliphatic carbocycles. The van der Waals surface area contributed by atoms with Crippen LogP contribution >= 0.6 is 12.6 Å². The number of aromatic hydroxyl groups is 1. The van der Waals surface area contributed by atoms with Crippen LogP contribution < -0.4 is 107 Å². The standard InChI is InChI=1S/C94H151N21O25S/c1-42(2)31-61(81(126)101-50(17)77(122)100-53(20)80(125)104-64(35-56-27-29-58(119)30-28-56)83(128)110-68(41-141)87(132)108-66(94(139)140)34-45(7)8)103-79(124)52(19)99-78(123)51(18)102-82(127)62(32-43(3)4)106-90(135)73(48(13)14)111-70(121)39-97-69(120)38-98-89(134)72(47(11)12)112-85(130)63(33-44(5)6)105-84(129)65(36-57-37-96-60-26-24-23-25-59(57)60)107-92(137)75(54(21)117)114-86(131)67(40-116)109-93(138)76(55(22)118)115-91(136)74(49(15)16)113-88(133)71(95)46(9)10/h23-30,37,42-55,61-68,71-76,96,116-119,141H,31-36,38-41,95H2,1-22H3,(H,97,120)(H,98,134)(H,99,123)(H,100,122)(H,101,126)(H,102,127)(H,103,124)(H,104,125)(H,105,129)(H,106,135)(H,107,137)(H,108,132)(H,109,138)(H,110,128)(H,111,121)(H,112,130)(H,113,133)(H,114,131)(H,115,136)(H,139,140)/t50-,51-,52-,53-,54+,55+,61-,62-,63-,64-,65-,66-,67-,68-,71-,72-,73-,74-,75-,76-/m0/s1. The van der Waals surface area contributed by atoms with E-state index in [1.807, 2.05) is 0 Å². The van der Waals surface area contributed by atoms with E-state index in [1.165, 1.54) is 52.0 Å². The average Bonchev–Trinajstić information content (AvgIpc) is 1.67. The molecule has 1 aromatic heterocycles. The predicted molar refractivity (Wildman–Crippen MR) is 522 cm³/mol. The van der Waals surface area contributed by atoms with Gasteiger partial charge in [-0.25, -0.2) is 4.79 Å². The van der Waals surface area contributed by atoms with E-state index in [2.05, 4.69) is 119 Å². The van der Waals surface area contributed by atoms with Crippen molar-refractivity contribution in [3.05, 3.63) is 65.9 Å². The number of carbonyl (C=O) groups excluding carboxylic acids is 19. The van der Waals surface area contributed by atoms with Crippen LogP contribution in [0.2, 0.25) is 0 Å². The van der Waals surface area contributed by atoms with Gasteiger partial charge in [0, 0.05) is 35.7 Å². The SMILES string of the molecule is CC(C)C[C@H](NC(=O)[C@H](CS)NC(=O)[C@H](Cc1ccc(O)cc1)NC(=O)[C@H](C)NC(=O)[C@H](C)NC(=O)[C@H](CC(C)C)NC(=O)[C@H](C)NC(=O)[C@H](C)NC(=O)[C@H](CC(C)C)NC(=O)[C@@H](NC(=O)CNC(=O)CNC(=O)[C@@H](NC(=O)[C@H](CC(C)C)NC(=O)[C@H](Cc1c[nH]c2ccccc12)NC(=O)[C@@H](NC(=O)[C@H](CO)NC(=O)[C@@H](NC(=O)[C@@H](NC(=O)[C@@H](N)C(C)C)C(C)C)[C@@H](C)O)[C@@H](C)O)C(C)C)C(C)C)C(=O)O. The summed E-state index contributed by atoms with van der Waals surface area (Å²) in [6.45, 7) is 31.8. The van der Waals surface area contributed by atoms with Crippen molar-refractivity contribution in [2.24, 2.45) is 53.1 Å². The zero-order valence-electron chi connectivity index (χ0n) is 84.4. The number of carbonyl (C=O) groups is 20. The fourth-order valence-electron chi connectivity index (χ4n) is 14.2. The van der Waals surface area contributed by atoms with Crippen LogP contribution in [0.3, 0.4) is 0 Å². The Morgan fingerprint density at radius 1 is 0.326 bits per heavy atom. The van der Waals surface area contributed by atoms with Gasteiger partial charge < -0.3 is 137 Å². The maximum atomic E-state index is 14.8. The van der Waals surface area contributed by atoms with Gasteiger partial charge in [-0.2, -0.15) is 12.6 Å². The second kappa shape index (κ2) is 59.2. The zero-order valence-corrected chi connectivity index (χ0v) is 85.3. The Balaban J connectivity index is 1.69. The second-order valence-corrected chi connectivity index (χ2v) is 38.9. The van der Waals surface area contributed by atoms with E-state index >= 15 is 0 Å². The maximum Gasteiger partial charge on any atom is 0.326 e. The number of aromatic amines is 1. The number of nitrogens with two attached hydrogens (primary N) is 1. The molecule has 0 radical (unpaired) electrons. The number of para-hydroxylation sites is 1. The number of H-pyrrole nitrogens is 1. The minimum Gasteiger partial charge on any atom is -0.508 e. The Morgan fingerprint density at radius 3 is 1.09 bits per heavy atom. The Kier molecular flexibility index (Phi) is 51.4. The first-order valence-corrected chi connectivity index (χ1v) is 47.9. The highest BCUT2D eigenvalue weighted by atomic mass is 32.1. The van der Waals surface area contributed by atoms with Gasteiger partial charge >= 0.3 is 5.97 Å². The summed E-state index contributed by atoms with van der Waals surface area (Å²) in [5, 5.41) is 99.7. The number of thiol groups is 1. The molecule has 3 rings (SSSR count). The molecule has 788 valence electrons. The number of aliphatic carboxylic acids is 1. The Labute approximate surface area is 827 Å². The molecular formula is C94H151N21O25S. The maximum absolute atomic E-state index is 14.8. The van der Waals surface area contributed by atoms with Crippen LogP contribution in [-0.4, -0.2) is 295 Å². The molecular weight excluding hydrogens is 1860 g/mol. The van der Waals surface area contributed by atoms with Crippen LogP contribution in [0.1, 0.15) is 189 Å². The number of aliphatic hydroxyl groups is 3. The number of phenols is 1. The zero-order chi connectivity index (χ0) is 107. The van der Waals surface area contributed by atoms with Crippen molar-refractivity contribution in [3.8, 4) is 5.75 Å². The first-order valence-electron chi connectivity index (χ1n) is 47.3. The number of amides is 19. The lowest BCUT2D eigenvalue weighted by molar-refractivity contribution is -0.142. The van der Waals surface area contributed by atoms with Crippen molar-refractivity contribution in [1.82, 2.24) is 106 Å². The normalized spacial score (nSPS) is 15.8.